The number of benzene rings is 1. The van der Waals surface area contributed by atoms with Gasteiger partial charge in [-0.25, -0.2) is 4.98 Å². The maximum atomic E-state index is 5.79. The molecule has 25 heavy (non-hydrogen) atoms. The number of nitrogens with one attached hydrogen (secondary N) is 2. The highest BCUT2D eigenvalue weighted by Crippen LogP contribution is 2.23. The van der Waals surface area contributed by atoms with Gasteiger partial charge in [0.05, 0.1) is 18.8 Å². The van der Waals surface area contributed by atoms with E-state index in [4.69, 9.17) is 4.42 Å². The number of hydrogen-bond acceptors (Lipinski definition) is 3. The van der Waals surface area contributed by atoms with Gasteiger partial charge in [0.2, 0.25) is 5.89 Å². The van der Waals surface area contributed by atoms with E-state index in [0.717, 1.165) is 10.2 Å². The Bertz CT molecular complexity index is 709. The maximum absolute atomic E-state index is 5.79. The summed E-state index contributed by atoms with van der Waals surface area (Å²) < 4.78 is 6.86. The molecule has 1 unspecified atom stereocenters. The Hall–Kier alpha value is -1.09. The summed E-state index contributed by atoms with van der Waals surface area (Å²) in [6.07, 6.45) is 1.79. The number of nitrogens with zero attached hydrogens (tertiary/aromatic N) is 2. The molecular weight excluding hydrogens is 495 g/mol. The number of aromatic nitrogens is 1. The SMILES string of the molecule is CN=C(NCc1ncc(C(C)(C)C)o1)NC(C)c1ccccc1Br.I. The molecule has 0 aliphatic rings. The number of hydrogen-bond donors (Lipinski definition) is 2. The first-order valence-corrected chi connectivity index (χ1v) is 8.77. The minimum Gasteiger partial charge on any atom is -0.443 e. The van der Waals surface area contributed by atoms with Crippen molar-refractivity contribution < 1.29 is 4.42 Å². The number of rotatable bonds is 4. The first kappa shape index (κ1) is 22.0. The summed E-state index contributed by atoms with van der Waals surface area (Å²) >= 11 is 3.58. The van der Waals surface area contributed by atoms with Crippen LogP contribution in [0.25, 0.3) is 0 Å². The Morgan fingerprint density at radius 1 is 1.32 bits per heavy atom. The van der Waals surface area contributed by atoms with Crippen molar-refractivity contribution in [2.75, 3.05) is 7.05 Å². The van der Waals surface area contributed by atoms with E-state index in [1.165, 1.54) is 5.56 Å². The molecule has 0 aliphatic heterocycles. The van der Waals surface area contributed by atoms with Crippen molar-refractivity contribution in [3.05, 3.63) is 52.1 Å². The largest absolute Gasteiger partial charge is 0.443 e. The predicted octanol–water partition coefficient (Wildman–Crippen LogP) is 4.78. The van der Waals surface area contributed by atoms with Crippen molar-refractivity contribution in [3.8, 4) is 0 Å². The van der Waals surface area contributed by atoms with Gasteiger partial charge in [0.1, 0.15) is 5.76 Å². The van der Waals surface area contributed by atoms with Crippen molar-refractivity contribution in [2.24, 2.45) is 4.99 Å². The van der Waals surface area contributed by atoms with Gasteiger partial charge in [-0.15, -0.1) is 24.0 Å². The van der Waals surface area contributed by atoms with Gasteiger partial charge in [-0.3, -0.25) is 4.99 Å². The van der Waals surface area contributed by atoms with Crippen LogP contribution >= 0.6 is 39.9 Å². The topological polar surface area (TPSA) is 62.5 Å². The lowest BCUT2D eigenvalue weighted by molar-refractivity contribution is 0.379. The lowest BCUT2D eigenvalue weighted by atomic mass is 9.94. The monoisotopic (exact) mass is 520 g/mol. The third-order valence-corrected chi connectivity index (χ3v) is 4.37. The highest BCUT2D eigenvalue weighted by atomic mass is 127. The van der Waals surface area contributed by atoms with Crippen LogP contribution in [0.15, 0.2) is 44.3 Å². The highest BCUT2D eigenvalue weighted by Gasteiger charge is 2.19. The molecule has 7 heteroatoms. The molecule has 0 amide bonds. The molecule has 1 aromatic heterocycles. The molecule has 0 saturated carbocycles. The van der Waals surface area contributed by atoms with Gasteiger partial charge >= 0.3 is 0 Å². The molecular formula is C18H26BrIN4O. The number of guanidine groups is 1. The van der Waals surface area contributed by atoms with Crippen molar-refractivity contribution in [1.82, 2.24) is 15.6 Å². The summed E-state index contributed by atoms with van der Waals surface area (Å²) in [5.41, 5.74) is 1.13. The Balaban J connectivity index is 0.00000312. The molecule has 0 bridgehead atoms. The van der Waals surface area contributed by atoms with Crippen LogP contribution in [0.4, 0.5) is 0 Å². The summed E-state index contributed by atoms with van der Waals surface area (Å²) in [5.74, 6) is 2.23. The predicted molar refractivity (Wildman–Crippen MR) is 117 cm³/mol. The molecule has 0 saturated heterocycles. The number of aliphatic imine (C=N–C) groups is 1. The van der Waals surface area contributed by atoms with Gasteiger partial charge < -0.3 is 15.1 Å². The van der Waals surface area contributed by atoms with E-state index in [1.54, 1.807) is 13.2 Å². The van der Waals surface area contributed by atoms with E-state index in [9.17, 15) is 0 Å². The fourth-order valence-electron chi connectivity index (χ4n) is 2.20. The van der Waals surface area contributed by atoms with Crippen molar-refractivity contribution in [1.29, 1.82) is 0 Å². The van der Waals surface area contributed by atoms with Gasteiger partial charge in [-0.05, 0) is 18.6 Å². The minimum absolute atomic E-state index is 0. The lowest BCUT2D eigenvalue weighted by Crippen LogP contribution is -2.38. The van der Waals surface area contributed by atoms with Gasteiger partial charge in [0, 0.05) is 16.9 Å². The Morgan fingerprint density at radius 2 is 2.00 bits per heavy atom. The zero-order valence-electron chi connectivity index (χ0n) is 15.3. The molecule has 138 valence electrons. The third-order valence-electron chi connectivity index (χ3n) is 3.65. The molecule has 1 aromatic carbocycles. The van der Waals surface area contributed by atoms with Crippen molar-refractivity contribution >= 4 is 45.9 Å². The number of halogens is 2. The maximum Gasteiger partial charge on any atom is 0.213 e. The molecule has 0 spiro atoms. The van der Waals surface area contributed by atoms with Gasteiger partial charge in [-0.1, -0.05) is 54.9 Å². The Kier molecular flexibility index (Phi) is 8.40. The normalized spacial score (nSPS) is 13.1. The van der Waals surface area contributed by atoms with Crippen LogP contribution in [0.2, 0.25) is 0 Å². The molecule has 5 nitrogen and oxygen atoms in total. The average Bonchev–Trinajstić information content (AvgIpc) is 3.00. The molecule has 1 heterocycles. The van der Waals surface area contributed by atoms with Gasteiger partial charge in [0.15, 0.2) is 5.96 Å². The van der Waals surface area contributed by atoms with Gasteiger partial charge in [-0.2, -0.15) is 0 Å². The zero-order chi connectivity index (χ0) is 17.7. The molecule has 1 atom stereocenters. The molecule has 2 aromatic rings. The standard InChI is InChI=1S/C18H25BrN4O.HI/c1-12(13-8-6-7-9-14(13)19)23-17(20-5)22-11-16-21-10-15(24-16)18(2,3)4;/h6-10,12H,11H2,1-5H3,(H2,20,22,23);1H. The molecule has 0 fully saturated rings. The summed E-state index contributed by atoms with van der Waals surface area (Å²) in [4.78, 5) is 8.58. The number of oxazole rings is 1. The summed E-state index contributed by atoms with van der Waals surface area (Å²) in [6, 6.07) is 8.25. The molecule has 0 aliphatic carbocycles. The van der Waals surface area contributed by atoms with Crippen molar-refractivity contribution in [3.63, 3.8) is 0 Å². The second-order valence-electron chi connectivity index (χ2n) is 6.68. The summed E-state index contributed by atoms with van der Waals surface area (Å²) in [7, 11) is 1.75. The van der Waals surface area contributed by atoms with Crippen LogP contribution in [-0.2, 0) is 12.0 Å². The Labute approximate surface area is 175 Å². The average molecular weight is 521 g/mol. The quantitative estimate of drug-likeness (QED) is 0.346. The molecule has 2 N–H and O–H groups in total. The van der Waals surface area contributed by atoms with Crippen LogP contribution in [0.3, 0.4) is 0 Å². The Morgan fingerprint density at radius 3 is 2.56 bits per heavy atom. The fraction of sp³-hybridized carbons (Fsp3) is 0.444. The highest BCUT2D eigenvalue weighted by molar-refractivity contribution is 14.0. The first-order chi connectivity index (χ1) is 11.3. The fourth-order valence-corrected chi connectivity index (χ4v) is 2.83. The molecule has 2 rings (SSSR count). The first-order valence-electron chi connectivity index (χ1n) is 7.98. The summed E-state index contributed by atoms with van der Waals surface area (Å²) in [6.45, 7) is 8.88. The van der Waals surface area contributed by atoms with E-state index in [2.05, 4.69) is 70.3 Å². The van der Waals surface area contributed by atoms with Crippen LogP contribution in [0.1, 0.15) is 51.0 Å². The lowest BCUT2D eigenvalue weighted by Gasteiger charge is -2.19. The second kappa shape index (κ2) is 9.56. The third kappa shape index (κ3) is 6.29. The van der Waals surface area contributed by atoms with Crippen LogP contribution in [-0.4, -0.2) is 18.0 Å². The van der Waals surface area contributed by atoms with E-state index >= 15 is 0 Å². The van der Waals surface area contributed by atoms with Crippen LogP contribution in [0, 0.1) is 0 Å². The van der Waals surface area contributed by atoms with E-state index in [-0.39, 0.29) is 35.4 Å². The van der Waals surface area contributed by atoms with Crippen LogP contribution < -0.4 is 10.6 Å². The van der Waals surface area contributed by atoms with E-state index in [1.807, 2.05) is 18.2 Å². The van der Waals surface area contributed by atoms with E-state index in [0.29, 0.717) is 18.4 Å². The van der Waals surface area contributed by atoms with Crippen LogP contribution in [0.5, 0.6) is 0 Å². The molecule has 0 radical (unpaired) electrons. The van der Waals surface area contributed by atoms with Gasteiger partial charge in [0.25, 0.3) is 0 Å². The second-order valence-corrected chi connectivity index (χ2v) is 7.54. The van der Waals surface area contributed by atoms with Crippen molar-refractivity contribution in [2.45, 2.75) is 45.7 Å². The summed E-state index contributed by atoms with van der Waals surface area (Å²) in [5, 5.41) is 6.61. The zero-order valence-corrected chi connectivity index (χ0v) is 19.2. The smallest absolute Gasteiger partial charge is 0.213 e. The van der Waals surface area contributed by atoms with E-state index < -0.39 is 0 Å². The minimum atomic E-state index is -0.0424.